The number of allylic oxidation sites excluding steroid dienone is 2. The molecule has 1 unspecified atom stereocenters. The van der Waals surface area contributed by atoms with E-state index in [1.807, 2.05) is 0 Å². The molecule has 1 N–H and O–H groups in total. The predicted octanol–water partition coefficient (Wildman–Crippen LogP) is 5.81. The van der Waals surface area contributed by atoms with E-state index >= 15 is 0 Å². The number of benzene rings is 1. The fraction of sp³-hybridized carbons (Fsp3) is 0.636. The largest absolute Gasteiger partial charge is 0.307 e. The van der Waals surface area contributed by atoms with Crippen LogP contribution in [0.4, 0.5) is 5.69 Å². The summed E-state index contributed by atoms with van der Waals surface area (Å²) in [6.07, 6.45) is 8.82. The van der Waals surface area contributed by atoms with Gasteiger partial charge in [0, 0.05) is 17.5 Å². The Morgan fingerprint density at radius 1 is 1.08 bits per heavy atom. The van der Waals surface area contributed by atoms with Crippen LogP contribution < -0.4 is 10.4 Å². The average Bonchev–Trinajstić information content (AvgIpc) is 2.72. The minimum absolute atomic E-state index is 0.120. The Bertz CT molecular complexity index is 579. The summed E-state index contributed by atoms with van der Waals surface area (Å²) in [5.41, 5.74) is 8.52. The summed E-state index contributed by atoms with van der Waals surface area (Å²) in [5, 5.41) is 2.33. The molecule has 1 aromatic carbocycles. The topological polar surface area (TPSA) is 15.3 Å². The van der Waals surface area contributed by atoms with Gasteiger partial charge in [-0.1, -0.05) is 44.6 Å². The summed E-state index contributed by atoms with van der Waals surface area (Å²) < 4.78 is 0. The molecule has 0 bridgehead atoms. The average molecular weight is 327 g/mol. The third kappa shape index (κ3) is 3.39. The van der Waals surface area contributed by atoms with Gasteiger partial charge < -0.3 is 5.01 Å². The zero-order chi connectivity index (χ0) is 17.4. The third-order valence-electron chi connectivity index (χ3n) is 6.55. The van der Waals surface area contributed by atoms with E-state index in [0.29, 0.717) is 0 Å². The van der Waals surface area contributed by atoms with Gasteiger partial charge in [0.05, 0.1) is 5.69 Å². The van der Waals surface area contributed by atoms with Crippen molar-refractivity contribution in [3.63, 3.8) is 0 Å². The van der Waals surface area contributed by atoms with Gasteiger partial charge in [0.2, 0.25) is 0 Å². The molecule has 1 heterocycles. The van der Waals surface area contributed by atoms with Gasteiger partial charge in [-0.3, -0.25) is 0 Å². The number of hydrogen-bond donors (Lipinski definition) is 1. The van der Waals surface area contributed by atoms with E-state index in [1.165, 1.54) is 43.4 Å². The SMILES string of the molecule is CCC1=CCCC(c2ccc(N3CC(C)(C)C(C)(C)N3)cc2)CC1. The molecule has 0 amide bonds. The Morgan fingerprint density at radius 3 is 2.38 bits per heavy atom. The summed E-state index contributed by atoms with van der Waals surface area (Å²) in [6, 6.07) is 9.33. The van der Waals surface area contributed by atoms with Gasteiger partial charge in [0.15, 0.2) is 0 Å². The summed E-state index contributed by atoms with van der Waals surface area (Å²) in [6.45, 7) is 12.6. The van der Waals surface area contributed by atoms with Gasteiger partial charge in [-0.25, -0.2) is 5.43 Å². The van der Waals surface area contributed by atoms with Gasteiger partial charge in [-0.05, 0) is 69.6 Å². The second kappa shape index (κ2) is 6.55. The fourth-order valence-corrected chi connectivity index (χ4v) is 3.95. The summed E-state index contributed by atoms with van der Waals surface area (Å²) in [5.74, 6) is 0.721. The highest BCUT2D eigenvalue weighted by Gasteiger charge is 2.45. The highest BCUT2D eigenvalue weighted by atomic mass is 15.6. The number of hydrogen-bond acceptors (Lipinski definition) is 2. The van der Waals surface area contributed by atoms with E-state index in [0.717, 1.165) is 12.5 Å². The molecule has 1 aliphatic carbocycles. The van der Waals surface area contributed by atoms with Crippen molar-refractivity contribution in [2.45, 2.75) is 78.2 Å². The minimum atomic E-state index is 0.120. The number of nitrogens with one attached hydrogen (secondary N) is 1. The summed E-state index contributed by atoms with van der Waals surface area (Å²) >= 11 is 0. The molecule has 0 aromatic heterocycles. The molecule has 1 aromatic rings. The van der Waals surface area contributed by atoms with Crippen molar-refractivity contribution in [2.24, 2.45) is 5.41 Å². The van der Waals surface area contributed by atoms with Crippen LogP contribution in [0, 0.1) is 5.41 Å². The van der Waals surface area contributed by atoms with Crippen molar-refractivity contribution in [2.75, 3.05) is 11.6 Å². The van der Waals surface area contributed by atoms with Crippen molar-refractivity contribution in [3.05, 3.63) is 41.5 Å². The normalized spacial score (nSPS) is 26.1. The van der Waals surface area contributed by atoms with Crippen LogP contribution in [0.1, 0.15) is 78.2 Å². The third-order valence-corrected chi connectivity index (χ3v) is 6.55. The van der Waals surface area contributed by atoms with E-state index in [1.54, 1.807) is 5.57 Å². The van der Waals surface area contributed by atoms with Gasteiger partial charge in [-0.2, -0.15) is 0 Å². The van der Waals surface area contributed by atoms with Crippen LogP contribution >= 0.6 is 0 Å². The maximum Gasteiger partial charge on any atom is 0.0520 e. The molecule has 3 rings (SSSR count). The van der Waals surface area contributed by atoms with Crippen LogP contribution in [0.25, 0.3) is 0 Å². The van der Waals surface area contributed by atoms with E-state index in [2.05, 4.69) is 75.4 Å². The summed E-state index contributed by atoms with van der Waals surface area (Å²) in [7, 11) is 0. The molecular weight excluding hydrogens is 292 g/mol. The van der Waals surface area contributed by atoms with Gasteiger partial charge in [0.25, 0.3) is 0 Å². The van der Waals surface area contributed by atoms with Crippen LogP contribution in [0.15, 0.2) is 35.9 Å². The van der Waals surface area contributed by atoms with Gasteiger partial charge in [-0.15, -0.1) is 0 Å². The highest BCUT2D eigenvalue weighted by molar-refractivity contribution is 5.49. The first-order chi connectivity index (χ1) is 11.3. The lowest BCUT2D eigenvalue weighted by molar-refractivity contribution is 0.238. The molecule has 1 aliphatic heterocycles. The van der Waals surface area contributed by atoms with Crippen molar-refractivity contribution in [1.29, 1.82) is 0 Å². The standard InChI is InChI=1S/C22H34N2/c1-6-17-8-7-9-18(11-10-17)19-12-14-20(15-13-19)24-16-21(2,3)22(4,5)23-24/h8,12-15,18,23H,6-7,9-11,16H2,1-5H3. The van der Waals surface area contributed by atoms with E-state index in [-0.39, 0.29) is 11.0 Å². The zero-order valence-corrected chi connectivity index (χ0v) is 16.2. The van der Waals surface area contributed by atoms with Crippen LogP contribution in [0.3, 0.4) is 0 Å². The lowest BCUT2D eigenvalue weighted by Gasteiger charge is -2.32. The van der Waals surface area contributed by atoms with E-state index in [9.17, 15) is 0 Å². The monoisotopic (exact) mass is 326 g/mol. The highest BCUT2D eigenvalue weighted by Crippen LogP contribution is 2.39. The Balaban J connectivity index is 1.69. The second-order valence-corrected chi connectivity index (χ2v) is 8.83. The molecule has 0 saturated carbocycles. The van der Waals surface area contributed by atoms with Crippen LogP contribution in [0.2, 0.25) is 0 Å². The summed E-state index contributed by atoms with van der Waals surface area (Å²) in [4.78, 5) is 0. The molecule has 1 saturated heterocycles. The maximum absolute atomic E-state index is 3.68. The predicted molar refractivity (Wildman–Crippen MR) is 104 cm³/mol. The van der Waals surface area contributed by atoms with Crippen molar-refractivity contribution < 1.29 is 0 Å². The van der Waals surface area contributed by atoms with Crippen molar-refractivity contribution >= 4 is 5.69 Å². The maximum atomic E-state index is 3.68. The molecule has 2 nitrogen and oxygen atoms in total. The van der Waals surface area contributed by atoms with Crippen molar-refractivity contribution in [1.82, 2.24) is 5.43 Å². The number of anilines is 1. The first-order valence-corrected chi connectivity index (χ1v) is 9.65. The van der Waals surface area contributed by atoms with Crippen molar-refractivity contribution in [3.8, 4) is 0 Å². The van der Waals surface area contributed by atoms with Gasteiger partial charge in [0.1, 0.15) is 0 Å². The molecule has 1 atom stereocenters. The molecule has 0 radical (unpaired) electrons. The number of nitrogens with zero attached hydrogens (tertiary/aromatic N) is 1. The minimum Gasteiger partial charge on any atom is -0.307 e. The molecule has 2 heteroatoms. The van der Waals surface area contributed by atoms with E-state index < -0.39 is 0 Å². The Labute approximate surface area is 148 Å². The molecule has 132 valence electrons. The lowest BCUT2D eigenvalue weighted by Crippen LogP contribution is -2.46. The smallest absolute Gasteiger partial charge is 0.0520 e. The first-order valence-electron chi connectivity index (χ1n) is 9.65. The fourth-order valence-electron chi connectivity index (χ4n) is 3.95. The Morgan fingerprint density at radius 2 is 1.79 bits per heavy atom. The van der Waals surface area contributed by atoms with Crippen LogP contribution in [-0.4, -0.2) is 12.1 Å². The van der Waals surface area contributed by atoms with Crippen LogP contribution in [0.5, 0.6) is 0 Å². The Kier molecular flexibility index (Phi) is 4.79. The van der Waals surface area contributed by atoms with E-state index in [4.69, 9.17) is 0 Å². The first kappa shape index (κ1) is 17.5. The molecule has 2 aliphatic rings. The zero-order valence-electron chi connectivity index (χ0n) is 16.2. The molecule has 24 heavy (non-hydrogen) atoms. The molecule has 1 fully saturated rings. The number of hydrazine groups is 1. The molecule has 0 spiro atoms. The lowest BCUT2D eigenvalue weighted by atomic mass is 9.77. The molecular formula is C22H34N2. The van der Waals surface area contributed by atoms with Crippen LogP contribution in [-0.2, 0) is 0 Å². The quantitative estimate of drug-likeness (QED) is 0.705. The number of rotatable bonds is 3. The van der Waals surface area contributed by atoms with Gasteiger partial charge >= 0.3 is 0 Å². The Hall–Kier alpha value is -1.28. The second-order valence-electron chi connectivity index (χ2n) is 8.83.